The highest BCUT2D eigenvalue weighted by Gasteiger charge is 2.83. The van der Waals surface area contributed by atoms with Crippen LogP contribution in [0.2, 0.25) is 5.02 Å². The van der Waals surface area contributed by atoms with Crippen molar-refractivity contribution >= 4 is 17.4 Å². The second-order valence-electron chi connectivity index (χ2n) is 7.22. The van der Waals surface area contributed by atoms with E-state index in [9.17, 15) is 15.0 Å². The summed E-state index contributed by atoms with van der Waals surface area (Å²) in [5, 5.41) is 19.5. The van der Waals surface area contributed by atoms with Gasteiger partial charge in [0.25, 0.3) is 0 Å². The second kappa shape index (κ2) is 5.53. The highest BCUT2D eigenvalue weighted by Crippen LogP contribution is 2.65. The lowest BCUT2D eigenvalue weighted by Crippen LogP contribution is -2.64. The van der Waals surface area contributed by atoms with Gasteiger partial charge in [0.05, 0.1) is 23.8 Å². The summed E-state index contributed by atoms with van der Waals surface area (Å²) < 4.78 is 17.8. The van der Waals surface area contributed by atoms with E-state index < -0.39 is 17.5 Å². The van der Waals surface area contributed by atoms with Gasteiger partial charge in [-0.25, -0.2) is 0 Å². The first-order chi connectivity index (χ1) is 12.3. The summed E-state index contributed by atoms with van der Waals surface area (Å²) in [7, 11) is 1.48. The molecular weight excluding hydrogens is 360 g/mol. The molecule has 1 aromatic carbocycles. The summed E-state index contributed by atoms with van der Waals surface area (Å²) >= 11 is 6.40. The third-order valence-electron chi connectivity index (χ3n) is 6.26. The number of ketones is 1. The molecule has 3 aliphatic rings. The highest BCUT2D eigenvalue weighted by atomic mass is 35.5. The SMILES string of the molecule is C=C1C(C)C(C)C2(Oc3c(Cl)c(CO)cc(CO)c3C2=O)C2(OC)OC12. The molecule has 1 saturated carbocycles. The molecule has 2 fully saturated rings. The molecule has 4 rings (SSSR count). The number of halogens is 1. The molecule has 6 nitrogen and oxygen atoms in total. The van der Waals surface area contributed by atoms with Gasteiger partial charge in [0, 0.05) is 18.6 Å². The van der Waals surface area contributed by atoms with Crippen molar-refractivity contribution in [2.45, 2.75) is 44.6 Å². The lowest BCUT2D eigenvalue weighted by atomic mass is 9.64. The molecule has 0 amide bonds. The summed E-state index contributed by atoms with van der Waals surface area (Å²) in [6, 6.07) is 1.53. The molecule has 0 aromatic heterocycles. The number of hydrogen-bond donors (Lipinski definition) is 2. The molecule has 7 heteroatoms. The molecular formula is C19H21ClO6. The Bertz CT molecular complexity index is 836. The molecule has 2 N–H and O–H groups in total. The smallest absolute Gasteiger partial charge is 0.248 e. The maximum atomic E-state index is 13.6. The molecule has 2 aliphatic heterocycles. The van der Waals surface area contributed by atoms with Crippen LogP contribution in [0.15, 0.2) is 18.2 Å². The van der Waals surface area contributed by atoms with Crippen LogP contribution in [0.25, 0.3) is 0 Å². The first-order valence-corrected chi connectivity index (χ1v) is 8.89. The van der Waals surface area contributed by atoms with Gasteiger partial charge < -0.3 is 24.4 Å². The van der Waals surface area contributed by atoms with Gasteiger partial charge in [-0.05, 0) is 23.1 Å². The molecule has 5 unspecified atom stereocenters. The Hall–Kier alpha value is -1.44. The van der Waals surface area contributed by atoms with E-state index in [-0.39, 0.29) is 47.2 Å². The minimum Gasteiger partial charge on any atom is -0.471 e. The van der Waals surface area contributed by atoms with Crippen LogP contribution in [0.4, 0.5) is 0 Å². The Kier molecular flexibility index (Phi) is 3.82. The average molecular weight is 381 g/mol. The lowest BCUT2D eigenvalue weighted by Gasteiger charge is -2.43. The van der Waals surface area contributed by atoms with Crippen molar-refractivity contribution in [3.63, 3.8) is 0 Å². The Morgan fingerprint density at radius 3 is 2.54 bits per heavy atom. The van der Waals surface area contributed by atoms with E-state index in [1.54, 1.807) is 0 Å². The molecule has 26 heavy (non-hydrogen) atoms. The molecule has 1 aliphatic carbocycles. The lowest BCUT2D eigenvalue weighted by molar-refractivity contribution is -0.151. The third kappa shape index (κ3) is 1.79. The van der Waals surface area contributed by atoms with Crippen molar-refractivity contribution in [2.75, 3.05) is 7.11 Å². The number of epoxide rings is 1. The fourth-order valence-electron chi connectivity index (χ4n) is 4.53. The van der Waals surface area contributed by atoms with Crippen molar-refractivity contribution in [2.24, 2.45) is 11.8 Å². The summed E-state index contributed by atoms with van der Waals surface area (Å²) in [5.74, 6) is -1.75. The first-order valence-electron chi connectivity index (χ1n) is 8.52. The van der Waals surface area contributed by atoms with E-state index in [0.717, 1.165) is 5.57 Å². The quantitative estimate of drug-likeness (QED) is 0.617. The molecule has 2 heterocycles. The van der Waals surface area contributed by atoms with Crippen LogP contribution < -0.4 is 4.74 Å². The van der Waals surface area contributed by atoms with Crippen molar-refractivity contribution in [3.05, 3.63) is 39.9 Å². The topological polar surface area (TPSA) is 88.5 Å². The van der Waals surface area contributed by atoms with Crippen molar-refractivity contribution in [3.8, 4) is 5.75 Å². The standard InChI is InChI=1S/C19H21ClO6/c1-8-9(2)17-19(24-4,26-17)18(10(8)3)16(23)13-11(6-21)5-12(7-22)14(20)15(13)25-18/h5,8,10,17,21-22H,2,6-7H2,1,3-4H3. The van der Waals surface area contributed by atoms with Crippen LogP contribution in [0.5, 0.6) is 5.75 Å². The van der Waals surface area contributed by atoms with Crippen LogP contribution in [0.3, 0.4) is 0 Å². The van der Waals surface area contributed by atoms with Gasteiger partial charge in [0.15, 0.2) is 5.75 Å². The van der Waals surface area contributed by atoms with Gasteiger partial charge in [-0.15, -0.1) is 0 Å². The minimum atomic E-state index is -1.42. The summed E-state index contributed by atoms with van der Waals surface area (Å²) in [6.45, 7) is 7.27. The maximum absolute atomic E-state index is 13.6. The van der Waals surface area contributed by atoms with Crippen LogP contribution in [0.1, 0.15) is 35.3 Å². The van der Waals surface area contributed by atoms with Gasteiger partial charge in [-0.1, -0.05) is 32.0 Å². The number of aliphatic hydroxyl groups is 2. The Morgan fingerprint density at radius 1 is 1.31 bits per heavy atom. The van der Waals surface area contributed by atoms with Gasteiger partial charge in [0.1, 0.15) is 6.10 Å². The number of benzene rings is 1. The molecule has 0 bridgehead atoms. The monoisotopic (exact) mass is 380 g/mol. The fourth-order valence-corrected chi connectivity index (χ4v) is 4.78. The number of rotatable bonds is 3. The third-order valence-corrected chi connectivity index (χ3v) is 6.68. The predicted octanol–water partition coefficient (Wildman–Crippen LogP) is 2.22. The second-order valence-corrected chi connectivity index (χ2v) is 7.60. The molecule has 1 aromatic rings. The number of ether oxygens (including phenoxy) is 3. The van der Waals surface area contributed by atoms with E-state index in [0.29, 0.717) is 11.1 Å². The number of fused-ring (bicyclic) bond motifs is 3. The van der Waals surface area contributed by atoms with E-state index in [2.05, 4.69) is 6.58 Å². The zero-order chi connectivity index (χ0) is 19.0. The highest BCUT2D eigenvalue weighted by molar-refractivity contribution is 6.34. The molecule has 0 radical (unpaired) electrons. The van der Waals surface area contributed by atoms with Gasteiger partial charge in [0.2, 0.25) is 17.2 Å². The predicted molar refractivity (Wildman–Crippen MR) is 93.1 cm³/mol. The van der Waals surface area contributed by atoms with Crippen LogP contribution in [0, 0.1) is 11.8 Å². The number of hydrogen-bond acceptors (Lipinski definition) is 6. The summed E-state index contributed by atoms with van der Waals surface area (Å²) in [4.78, 5) is 13.6. The van der Waals surface area contributed by atoms with E-state index in [4.69, 9.17) is 25.8 Å². The Balaban J connectivity index is 1.95. The summed E-state index contributed by atoms with van der Waals surface area (Å²) in [5.41, 5.74) is 0.425. The van der Waals surface area contributed by atoms with Gasteiger partial charge >= 0.3 is 0 Å². The van der Waals surface area contributed by atoms with Crippen LogP contribution >= 0.6 is 11.6 Å². The number of methoxy groups -OCH3 is 1. The molecule has 140 valence electrons. The first kappa shape index (κ1) is 17.9. The van der Waals surface area contributed by atoms with Crippen molar-refractivity contribution in [1.82, 2.24) is 0 Å². The summed E-state index contributed by atoms with van der Waals surface area (Å²) in [6.07, 6.45) is -0.439. The molecule has 1 spiro atoms. The normalized spacial score (nSPS) is 37.5. The molecule has 5 atom stereocenters. The van der Waals surface area contributed by atoms with Gasteiger partial charge in [-0.2, -0.15) is 0 Å². The number of aliphatic hydroxyl groups excluding tert-OH is 2. The van der Waals surface area contributed by atoms with Crippen molar-refractivity contribution in [1.29, 1.82) is 0 Å². The van der Waals surface area contributed by atoms with Crippen LogP contribution in [-0.2, 0) is 22.7 Å². The maximum Gasteiger partial charge on any atom is 0.248 e. The number of Topliss-reactive ketones (excluding diaryl/α,β-unsaturated/α-hetero) is 1. The van der Waals surface area contributed by atoms with Gasteiger partial charge in [-0.3, -0.25) is 4.79 Å². The van der Waals surface area contributed by atoms with E-state index in [1.165, 1.54) is 13.2 Å². The Labute approximate surface area is 156 Å². The van der Waals surface area contributed by atoms with Crippen LogP contribution in [-0.4, -0.2) is 40.6 Å². The largest absolute Gasteiger partial charge is 0.471 e. The van der Waals surface area contributed by atoms with E-state index >= 15 is 0 Å². The van der Waals surface area contributed by atoms with Crippen molar-refractivity contribution < 1.29 is 29.2 Å². The number of carbonyl (C=O) groups excluding carboxylic acids is 1. The number of carbonyl (C=O) groups is 1. The zero-order valence-corrected chi connectivity index (χ0v) is 15.6. The Morgan fingerprint density at radius 2 is 1.96 bits per heavy atom. The minimum absolute atomic E-state index is 0.0438. The zero-order valence-electron chi connectivity index (χ0n) is 14.8. The average Bonchev–Trinajstić information content (AvgIpc) is 3.32. The van der Waals surface area contributed by atoms with E-state index in [1.807, 2.05) is 13.8 Å². The molecule has 1 saturated heterocycles. The fraction of sp³-hybridized carbons (Fsp3) is 0.526.